The topological polar surface area (TPSA) is 66.8 Å². The Hall–Kier alpha value is -2.22. The second-order valence-corrected chi connectivity index (χ2v) is 7.36. The van der Waals surface area contributed by atoms with Crippen molar-refractivity contribution in [3.63, 3.8) is 0 Å². The first kappa shape index (κ1) is 19.5. The summed E-state index contributed by atoms with van der Waals surface area (Å²) >= 11 is 12.7. The maximum Gasteiger partial charge on any atom is 0.293 e. The number of imide groups is 1. The molecule has 0 bridgehead atoms. The summed E-state index contributed by atoms with van der Waals surface area (Å²) in [5.41, 5.74) is 0.941. The molecule has 0 saturated carbocycles. The highest BCUT2D eigenvalue weighted by Crippen LogP contribution is 2.38. The minimum atomic E-state index is -0.506. The standard InChI is InChI=1S/C18H12Cl2FNO4S/c1-26-14-5-9(4-13(20)16(14)23)6-15-17(24)22(18(25)27-15)8-10-2-3-11(21)7-12(10)19/h2-7,23H,8H2,1H3. The number of amides is 2. The summed E-state index contributed by atoms with van der Waals surface area (Å²) in [7, 11) is 1.37. The van der Waals surface area contributed by atoms with Crippen molar-refractivity contribution in [3.8, 4) is 11.5 Å². The minimum absolute atomic E-state index is 0.0536. The van der Waals surface area contributed by atoms with Crippen LogP contribution in [0.5, 0.6) is 11.5 Å². The lowest BCUT2D eigenvalue weighted by Crippen LogP contribution is -2.27. The molecular formula is C18H12Cl2FNO4S. The number of carbonyl (C=O) groups is 2. The Kier molecular flexibility index (Phi) is 5.64. The van der Waals surface area contributed by atoms with Gasteiger partial charge in [-0.3, -0.25) is 14.5 Å². The monoisotopic (exact) mass is 427 g/mol. The van der Waals surface area contributed by atoms with Crippen LogP contribution in [0.2, 0.25) is 10.0 Å². The van der Waals surface area contributed by atoms with E-state index in [1.54, 1.807) is 0 Å². The average molecular weight is 428 g/mol. The van der Waals surface area contributed by atoms with Gasteiger partial charge in [0.1, 0.15) is 5.82 Å². The number of ether oxygens (including phenoxy) is 1. The number of phenols is 1. The number of hydrogen-bond acceptors (Lipinski definition) is 5. The third kappa shape index (κ3) is 4.05. The lowest BCUT2D eigenvalue weighted by molar-refractivity contribution is -0.123. The zero-order valence-corrected chi connectivity index (χ0v) is 16.2. The summed E-state index contributed by atoms with van der Waals surface area (Å²) in [6.07, 6.45) is 1.48. The van der Waals surface area contributed by atoms with Crippen LogP contribution in [0.3, 0.4) is 0 Å². The number of phenolic OH excluding ortho intramolecular Hbond substituents is 1. The van der Waals surface area contributed by atoms with Crippen molar-refractivity contribution in [2.75, 3.05) is 7.11 Å². The molecule has 0 spiro atoms. The molecule has 0 aliphatic carbocycles. The SMILES string of the molecule is COc1cc(C=C2SC(=O)N(Cc3ccc(F)cc3Cl)C2=O)cc(Cl)c1O. The molecule has 1 heterocycles. The van der Waals surface area contributed by atoms with Crippen LogP contribution in [0.25, 0.3) is 6.08 Å². The summed E-state index contributed by atoms with van der Waals surface area (Å²) in [6, 6.07) is 6.70. The van der Waals surface area contributed by atoms with Gasteiger partial charge in [0, 0.05) is 5.02 Å². The van der Waals surface area contributed by atoms with Crippen LogP contribution in [0.4, 0.5) is 9.18 Å². The van der Waals surface area contributed by atoms with E-state index in [1.165, 1.54) is 37.5 Å². The van der Waals surface area contributed by atoms with Gasteiger partial charge in [0.25, 0.3) is 11.1 Å². The number of thioether (sulfide) groups is 1. The number of rotatable bonds is 4. The maximum atomic E-state index is 13.2. The molecule has 1 fully saturated rings. The summed E-state index contributed by atoms with van der Waals surface area (Å²) in [4.78, 5) is 26.0. The fourth-order valence-electron chi connectivity index (χ4n) is 2.44. The van der Waals surface area contributed by atoms with Crippen molar-refractivity contribution < 1.29 is 23.8 Å². The highest BCUT2D eigenvalue weighted by atomic mass is 35.5. The van der Waals surface area contributed by atoms with E-state index in [2.05, 4.69) is 0 Å². The number of aromatic hydroxyl groups is 1. The molecule has 0 unspecified atom stereocenters. The van der Waals surface area contributed by atoms with E-state index in [0.717, 1.165) is 22.7 Å². The lowest BCUT2D eigenvalue weighted by Gasteiger charge is -2.13. The molecule has 2 aromatic rings. The Morgan fingerprint density at radius 3 is 2.63 bits per heavy atom. The number of benzene rings is 2. The van der Waals surface area contributed by atoms with Crippen molar-refractivity contribution >= 4 is 52.2 Å². The molecule has 9 heteroatoms. The molecule has 0 atom stereocenters. The van der Waals surface area contributed by atoms with Gasteiger partial charge in [0.15, 0.2) is 11.5 Å². The summed E-state index contributed by atoms with van der Waals surface area (Å²) in [6.45, 7) is -0.0687. The number of nitrogens with zero attached hydrogens (tertiary/aromatic N) is 1. The molecule has 2 aromatic carbocycles. The van der Waals surface area contributed by atoms with Gasteiger partial charge in [-0.2, -0.15) is 0 Å². The third-order valence-electron chi connectivity index (χ3n) is 3.79. The number of halogens is 3. The predicted octanol–water partition coefficient (Wildman–Crippen LogP) is 5.08. The zero-order chi connectivity index (χ0) is 19.7. The first-order valence-electron chi connectivity index (χ1n) is 7.56. The molecule has 2 amide bonds. The molecule has 0 aromatic heterocycles. The normalized spacial score (nSPS) is 15.7. The van der Waals surface area contributed by atoms with E-state index >= 15 is 0 Å². The van der Waals surface area contributed by atoms with Gasteiger partial charge in [-0.15, -0.1) is 0 Å². The van der Waals surface area contributed by atoms with E-state index < -0.39 is 17.0 Å². The van der Waals surface area contributed by atoms with Crippen molar-refractivity contribution in [3.05, 3.63) is 62.2 Å². The molecule has 0 radical (unpaired) electrons. The molecule has 1 N–H and O–H groups in total. The largest absolute Gasteiger partial charge is 0.503 e. The van der Waals surface area contributed by atoms with Crippen molar-refractivity contribution in [2.24, 2.45) is 0 Å². The van der Waals surface area contributed by atoms with Crippen molar-refractivity contribution in [1.29, 1.82) is 0 Å². The van der Waals surface area contributed by atoms with E-state index in [4.69, 9.17) is 27.9 Å². The van der Waals surface area contributed by atoms with Gasteiger partial charge in [0.05, 0.1) is 23.6 Å². The van der Waals surface area contributed by atoms with Crippen LogP contribution < -0.4 is 4.74 Å². The smallest absolute Gasteiger partial charge is 0.293 e. The Morgan fingerprint density at radius 2 is 1.96 bits per heavy atom. The van der Waals surface area contributed by atoms with Crippen LogP contribution in [0.15, 0.2) is 35.2 Å². The first-order valence-corrected chi connectivity index (χ1v) is 9.13. The maximum absolute atomic E-state index is 13.2. The highest BCUT2D eigenvalue weighted by Gasteiger charge is 2.35. The minimum Gasteiger partial charge on any atom is -0.503 e. The quantitative estimate of drug-likeness (QED) is 0.688. The fraction of sp³-hybridized carbons (Fsp3) is 0.111. The zero-order valence-electron chi connectivity index (χ0n) is 13.8. The molecule has 1 saturated heterocycles. The van der Waals surface area contributed by atoms with E-state index in [-0.39, 0.29) is 33.0 Å². The molecule has 1 aliphatic rings. The van der Waals surface area contributed by atoms with Gasteiger partial charge in [-0.05, 0) is 53.2 Å². The average Bonchev–Trinajstić information content (AvgIpc) is 2.87. The first-order chi connectivity index (χ1) is 12.8. The molecule has 140 valence electrons. The van der Waals surface area contributed by atoms with Gasteiger partial charge < -0.3 is 9.84 Å². The summed E-state index contributed by atoms with van der Waals surface area (Å²) in [5.74, 6) is -1.08. The van der Waals surface area contributed by atoms with Gasteiger partial charge in [0.2, 0.25) is 0 Å². The van der Waals surface area contributed by atoms with E-state index in [1.807, 2.05) is 0 Å². The Morgan fingerprint density at radius 1 is 1.22 bits per heavy atom. The molecule has 5 nitrogen and oxygen atoms in total. The van der Waals surface area contributed by atoms with Crippen molar-refractivity contribution in [2.45, 2.75) is 6.54 Å². The number of methoxy groups -OCH3 is 1. The van der Waals surface area contributed by atoms with Crippen LogP contribution in [0.1, 0.15) is 11.1 Å². The molecule has 1 aliphatic heterocycles. The Bertz CT molecular complexity index is 980. The summed E-state index contributed by atoms with van der Waals surface area (Å²) < 4.78 is 18.2. The van der Waals surface area contributed by atoms with E-state index in [0.29, 0.717) is 11.1 Å². The number of carbonyl (C=O) groups excluding carboxylic acids is 2. The second kappa shape index (κ2) is 7.80. The Balaban J connectivity index is 1.87. The molecule has 3 rings (SSSR count). The second-order valence-electron chi connectivity index (χ2n) is 5.56. The predicted molar refractivity (Wildman–Crippen MR) is 103 cm³/mol. The summed E-state index contributed by atoms with van der Waals surface area (Å²) in [5, 5.41) is 9.49. The van der Waals surface area contributed by atoms with E-state index in [9.17, 15) is 19.1 Å². The molecule has 27 heavy (non-hydrogen) atoms. The van der Waals surface area contributed by atoms with Crippen LogP contribution in [-0.2, 0) is 11.3 Å². The van der Waals surface area contributed by atoms with Crippen molar-refractivity contribution in [1.82, 2.24) is 4.90 Å². The fourth-order valence-corrected chi connectivity index (χ4v) is 3.73. The Labute approximate surface area is 168 Å². The molecular weight excluding hydrogens is 416 g/mol. The van der Waals surface area contributed by atoms with Crippen LogP contribution >= 0.6 is 35.0 Å². The lowest BCUT2D eigenvalue weighted by atomic mass is 10.1. The van der Waals surface area contributed by atoms with Crippen LogP contribution in [0, 0.1) is 5.82 Å². The van der Waals surface area contributed by atoms with Gasteiger partial charge >= 0.3 is 0 Å². The third-order valence-corrected chi connectivity index (χ3v) is 5.33. The highest BCUT2D eigenvalue weighted by molar-refractivity contribution is 8.18. The van der Waals surface area contributed by atoms with Crippen LogP contribution in [-0.4, -0.2) is 28.3 Å². The van der Waals surface area contributed by atoms with Gasteiger partial charge in [-0.1, -0.05) is 29.3 Å². The van der Waals surface area contributed by atoms with Gasteiger partial charge in [-0.25, -0.2) is 4.39 Å². The number of hydrogen-bond donors (Lipinski definition) is 1.